The molecule has 0 radical (unpaired) electrons. The molecule has 25 heavy (non-hydrogen) atoms. The molecule has 3 nitrogen and oxygen atoms in total. The predicted molar refractivity (Wildman–Crippen MR) is 96.7 cm³/mol. The molecular formula is C22H30O3. The Morgan fingerprint density at radius 1 is 1.32 bits per heavy atom. The van der Waals surface area contributed by atoms with Crippen molar-refractivity contribution in [2.45, 2.75) is 65.4 Å². The molecule has 0 aromatic carbocycles. The highest BCUT2D eigenvalue weighted by atomic mass is 16.5. The summed E-state index contributed by atoms with van der Waals surface area (Å²) in [7, 11) is 0. The predicted octanol–water partition coefficient (Wildman–Crippen LogP) is 4.47. The molecule has 0 saturated heterocycles. The molecule has 0 aromatic heterocycles. The largest absolute Gasteiger partial charge is 0.458 e. The quantitative estimate of drug-likeness (QED) is 0.549. The molecule has 4 aliphatic carbocycles. The second-order valence-corrected chi connectivity index (χ2v) is 8.97. The lowest BCUT2D eigenvalue weighted by Gasteiger charge is -2.55. The van der Waals surface area contributed by atoms with E-state index < -0.39 is 0 Å². The van der Waals surface area contributed by atoms with Crippen LogP contribution in [0.2, 0.25) is 0 Å². The third kappa shape index (κ3) is 2.62. The molecule has 136 valence electrons. The van der Waals surface area contributed by atoms with Crippen LogP contribution < -0.4 is 0 Å². The van der Waals surface area contributed by atoms with E-state index in [-0.39, 0.29) is 17.5 Å². The first-order chi connectivity index (χ1) is 11.9. The zero-order valence-electron chi connectivity index (χ0n) is 15.7. The molecule has 0 amide bonds. The van der Waals surface area contributed by atoms with Gasteiger partial charge in [0.1, 0.15) is 6.10 Å². The summed E-state index contributed by atoms with van der Waals surface area (Å²) in [5.74, 6) is 3.26. The van der Waals surface area contributed by atoms with Gasteiger partial charge in [-0.25, -0.2) is 0 Å². The molecule has 4 rings (SSSR count). The number of carbonyl (C=O) groups is 2. The Labute approximate surface area is 150 Å². The van der Waals surface area contributed by atoms with Gasteiger partial charge in [-0.1, -0.05) is 32.4 Å². The average molecular weight is 342 g/mol. The van der Waals surface area contributed by atoms with E-state index in [4.69, 9.17) is 4.74 Å². The van der Waals surface area contributed by atoms with Crippen molar-refractivity contribution in [3.05, 3.63) is 23.8 Å². The van der Waals surface area contributed by atoms with Gasteiger partial charge < -0.3 is 4.74 Å². The van der Waals surface area contributed by atoms with Gasteiger partial charge in [-0.15, -0.1) is 0 Å². The van der Waals surface area contributed by atoms with Crippen molar-refractivity contribution in [3.63, 3.8) is 0 Å². The Bertz CT molecular complexity index is 646. The Kier molecular flexibility index (Phi) is 4.16. The molecule has 0 aromatic rings. The van der Waals surface area contributed by atoms with Crippen molar-refractivity contribution in [1.82, 2.24) is 0 Å². The topological polar surface area (TPSA) is 43.4 Å². The van der Waals surface area contributed by atoms with Gasteiger partial charge in [0, 0.05) is 18.3 Å². The van der Waals surface area contributed by atoms with Gasteiger partial charge in [0.05, 0.1) is 0 Å². The number of carbonyl (C=O) groups excluding carboxylic acids is 2. The van der Waals surface area contributed by atoms with Crippen LogP contribution in [0.5, 0.6) is 0 Å². The number of fused-ring (bicyclic) bond motifs is 5. The summed E-state index contributed by atoms with van der Waals surface area (Å²) >= 11 is 0. The Hall–Kier alpha value is -1.38. The molecule has 3 heteroatoms. The third-order valence-corrected chi connectivity index (χ3v) is 7.63. The van der Waals surface area contributed by atoms with Gasteiger partial charge in [0.2, 0.25) is 0 Å². The summed E-state index contributed by atoms with van der Waals surface area (Å²) in [5, 5.41) is 0. The maximum atomic E-state index is 11.9. The van der Waals surface area contributed by atoms with Crippen molar-refractivity contribution in [1.29, 1.82) is 0 Å². The number of ketones is 1. The van der Waals surface area contributed by atoms with E-state index in [0.29, 0.717) is 41.8 Å². The zero-order valence-corrected chi connectivity index (χ0v) is 15.7. The number of hydrogen-bond donors (Lipinski definition) is 0. The highest BCUT2D eigenvalue weighted by Crippen LogP contribution is 2.61. The molecule has 0 N–H and O–H groups in total. The van der Waals surface area contributed by atoms with Crippen molar-refractivity contribution in [3.8, 4) is 0 Å². The van der Waals surface area contributed by atoms with E-state index in [1.54, 1.807) is 0 Å². The summed E-state index contributed by atoms with van der Waals surface area (Å²) in [6.07, 6.45) is 12.0. The Morgan fingerprint density at radius 2 is 2.12 bits per heavy atom. The van der Waals surface area contributed by atoms with Crippen molar-refractivity contribution in [2.75, 3.05) is 0 Å². The fourth-order valence-electron chi connectivity index (χ4n) is 6.38. The van der Waals surface area contributed by atoms with Crippen LogP contribution in [0, 0.1) is 35.0 Å². The summed E-state index contributed by atoms with van der Waals surface area (Å²) < 4.78 is 5.79. The Morgan fingerprint density at radius 3 is 2.88 bits per heavy atom. The second-order valence-electron chi connectivity index (χ2n) is 8.97. The monoisotopic (exact) mass is 342 g/mol. The van der Waals surface area contributed by atoms with Crippen LogP contribution in [0.1, 0.15) is 59.3 Å². The average Bonchev–Trinajstić information content (AvgIpc) is 2.90. The summed E-state index contributed by atoms with van der Waals surface area (Å²) in [6.45, 7) is 6.54. The highest BCUT2D eigenvalue weighted by molar-refractivity contribution is 5.91. The van der Waals surface area contributed by atoms with Crippen molar-refractivity contribution in [2.24, 2.45) is 35.0 Å². The first-order valence-electron chi connectivity index (χ1n) is 10.0. The molecule has 0 spiro atoms. The smallest absolute Gasteiger partial charge is 0.306 e. The summed E-state index contributed by atoms with van der Waals surface area (Å²) in [5.41, 5.74) is 1.47. The van der Waals surface area contributed by atoms with Gasteiger partial charge in [0.25, 0.3) is 0 Å². The third-order valence-electron chi connectivity index (χ3n) is 7.63. The van der Waals surface area contributed by atoms with Gasteiger partial charge in [-0.05, 0) is 67.4 Å². The maximum Gasteiger partial charge on any atom is 0.306 e. The van der Waals surface area contributed by atoms with E-state index in [9.17, 15) is 9.59 Å². The molecule has 0 bridgehead atoms. The standard InChI is InChI=1S/C22H30O3/c1-4-20(24)25-19-8-7-18-21-13(2)11-14-12-15(23)5-6-16(14)17(21)9-10-22(18,19)3/h7-8,12-13,16-19,21H,4-6,9-11H2,1-3H3/t13?,16?,17?,18?,19-,21?,22-/m0/s1. The van der Waals surface area contributed by atoms with Crippen LogP contribution in [-0.2, 0) is 14.3 Å². The van der Waals surface area contributed by atoms with Gasteiger partial charge in [-0.2, -0.15) is 0 Å². The van der Waals surface area contributed by atoms with Crippen LogP contribution in [0.15, 0.2) is 23.8 Å². The maximum absolute atomic E-state index is 11.9. The van der Waals surface area contributed by atoms with Gasteiger partial charge >= 0.3 is 5.97 Å². The van der Waals surface area contributed by atoms with Crippen molar-refractivity contribution < 1.29 is 14.3 Å². The zero-order chi connectivity index (χ0) is 17.8. The minimum Gasteiger partial charge on any atom is -0.458 e. The number of rotatable bonds is 2. The lowest BCUT2D eigenvalue weighted by molar-refractivity contribution is -0.156. The van der Waals surface area contributed by atoms with Crippen LogP contribution in [0.4, 0.5) is 0 Å². The van der Waals surface area contributed by atoms with E-state index in [1.165, 1.54) is 12.0 Å². The first-order valence-corrected chi connectivity index (χ1v) is 10.0. The van der Waals surface area contributed by atoms with E-state index >= 15 is 0 Å². The van der Waals surface area contributed by atoms with Crippen LogP contribution >= 0.6 is 0 Å². The first kappa shape index (κ1) is 17.1. The SMILES string of the molecule is CCC(=O)O[C@H]1C=CC2C3C(C)CC4=CC(=O)CCC4C3CC[C@@]21C. The second kappa shape index (κ2) is 6.10. The molecule has 2 saturated carbocycles. The molecular weight excluding hydrogens is 312 g/mol. The highest BCUT2D eigenvalue weighted by Gasteiger charge is 2.57. The minimum atomic E-state index is -0.0913. The molecule has 0 heterocycles. The molecule has 0 aliphatic heterocycles. The lowest BCUT2D eigenvalue weighted by Crippen LogP contribution is -2.51. The van der Waals surface area contributed by atoms with E-state index in [0.717, 1.165) is 25.7 Å². The number of esters is 1. The fraction of sp³-hybridized carbons (Fsp3) is 0.727. The van der Waals surface area contributed by atoms with Crippen molar-refractivity contribution >= 4 is 11.8 Å². The summed E-state index contributed by atoms with van der Waals surface area (Å²) in [6, 6.07) is 0. The number of hydrogen-bond acceptors (Lipinski definition) is 3. The summed E-state index contributed by atoms with van der Waals surface area (Å²) in [4.78, 5) is 23.7. The fourth-order valence-corrected chi connectivity index (χ4v) is 6.38. The van der Waals surface area contributed by atoms with E-state index in [2.05, 4.69) is 26.0 Å². The number of ether oxygens (including phenoxy) is 1. The van der Waals surface area contributed by atoms with Gasteiger partial charge in [-0.3, -0.25) is 9.59 Å². The van der Waals surface area contributed by atoms with Gasteiger partial charge in [0.15, 0.2) is 5.78 Å². The molecule has 4 aliphatic rings. The van der Waals surface area contributed by atoms with Crippen LogP contribution in [0.3, 0.4) is 0 Å². The number of allylic oxidation sites excluding steroid dienone is 3. The Balaban J connectivity index is 1.60. The molecule has 5 unspecified atom stereocenters. The van der Waals surface area contributed by atoms with E-state index in [1.807, 2.05) is 13.0 Å². The lowest BCUT2D eigenvalue weighted by atomic mass is 9.49. The molecule has 2 fully saturated rings. The normalized spacial score (nSPS) is 45.2. The minimum absolute atomic E-state index is 0.0476. The molecule has 7 atom stereocenters. The van der Waals surface area contributed by atoms with Crippen LogP contribution in [-0.4, -0.2) is 17.9 Å². The van der Waals surface area contributed by atoms with Crippen LogP contribution in [0.25, 0.3) is 0 Å².